The monoisotopic (exact) mass is 478 g/mol. The van der Waals surface area contributed by atoms with E-state index in [1.54, 1.807) is 18.2 Å². The Labute approximate surface area is 197 Å². The lowest BCUT2D eigenvalue weighted by Crippen LogP contribution is -2.28. The van der Waals surface area contributed by atoms with Gasteiger partial charge in [0.1, 0.15) is 30.1 Å². The summed E-state index contributed by atoms with van der Waals surface area (Å²) in [5.41, 5.74) is 6.96. The van der Waals surface area contributed by atoms with Crippen molar-refractivity contribution < 1.29 is 23.5 Å². The number of ether oxygens (including phenoxy) is 1. The molecular weight excluding hydrogens is 459 g/mol. The van der Waals surface area contributed by atoms with Crippen molar-refractivity contribution in [2.24, 2.45) is 0 Å². The summed E-state index contributed by atoms with van der Waals surface area (Å²) < 4.78 is 20.4. The highest BCUT2D eigenvalue weighted by Crippen LogP contribution is 2.22. The minimum absolute atomic E-state index is 0.0706. The summed E-state index contributed by atoms with van der Waals surface area (Å²) in [6.45, 7) is 0.0541. The number of nitrogens with zero attached hydrogens (tertiary/aromatic N) is 5. The smallest absolute Gasteiger partial charge is 0.270 e. The van der Waals surface area contributed by atoms with Crippen LogP contribution in [0.1, 0.15) is 32.1 Å². The number of nitrogens with two attached hydrogens (primary N) is 1. The number of aldehydes is 1. The maximum absolute atomic E-state index is 14.2. The fourth-order valence-electron chi connectivity index (χ4n) is 3.14. The first-order valence-electron chi connectivity index (χ1n) is 10.3. The van der Waals surface area contributed by atoms with Gasteiger partial charge in [0.15, 0.2) is 17.8 Å². The standard InChI is InChI=1S/C22H19FN8O4/c23-15-11-29-31-18(22(34)28-10-14-7-25-12-26-8-14)6-17(30-20(15)31)21(33)27-9-13-1-2-19(16(24)5-13)35-4-3-32/h1-3,5-8,11-12H,4,9-10,24H2,(H,27,33)(H,28,34). The number of nitrogens with one attached hydrogen (secondary N) is 2. The van der Waals surface area contributed by atoms with Gasteiger partial charge < -0.3 is 21.1 Å². The molecule has 0 aliphatic carbocycles. The topological polar surface area (TPSA) is 166 Å². The number of aromatic nitrogens is 5. The Morgan fingerprint density at radius 2 is 1.80 bits per heavy atom. The van der Waals surface area contributed by atoms with Crippen LogP contribution in [0.5, 0.6) is 5.75 Å². The Morgan fingerprint density at radius 3 is 2.54 bits per heavy atom. The molecule has 13 heteroatoms. The van der Waals surface area contributed by atoms with Crippen LogP contribution in [0.4, 0.5) is 10.1 Å². The summed E-state index contributed by atoms with van der Waals surface area (Å²) in [7, 11) is 0. The van der Waals surface area contributed by atoms with Crippen LogP contribution in [0.25, 0.3) is 5.65 Å². The molecule has 0 saturated carbocycles. The number of carbonyl (C=O) groups excluding carboxylic acids is 3. The first-order valence-corrected chi connectivity index (χ1v) is 10.3. The van der Waals surface area contributed by atoms with Crippen LogP contribution >= 0.6 is 0 Å². The lowest BCUT2D eigenvalue weighted by Gasteiger charge is -2.11. The zero-order valence-electron chi connectivity index (χ0n) is 18.1. The molecule has 1 aromatic carbocycles. The normalized spacial score (nSPS) is 10.7. The molecule has 4 rings (SSSR count). The van der Waals surface area contributed by atoms with Crippen LogP contribution in [0.3, 0.4) is 0 Å². The summed E-state index contributed by atoms with van der Waals surface area (Å²) in [6, 6.07) is 6.04. The van der Waals surface area contributed by atoms with E-state index in [4.69, 9.17) is 10.5 Å². The van der Waals surface area contributed by atoms with Gasteiger partial charge in [-0.05, 0) is 17.7 Å². The van der Waals surface area contributed by atoms with E-state index in [-0.39, 0.29) is 36.7 Å². The third-order valence-electron chi connectivity index (χ3n) is 4.80. The Kier molecular flexibility index (Phi) is 6.86. The van der Waals surface area contributed by atoms with E-state index in [1.807, 2.05) is 0 Å². The number of hydrogen-bond donors (Lipinski definition) is 3. The van der Waals surface area contributed by atoms with Gasteiger partial charge >= 0.3 is 0 Å². The first-order chi connectivity index (χ1) is 17.0. The van der Waals surface area contributed by atoms with Gasteiger partial charge in [0.25, 0.3) is 11.8 Å². The van der Waals surface area contributed by atoms with E-state index < -0.39 is 17.6 Å². The SMILES string of the molecule is Nc1cc(CNC(=O)c2cc(C(=O)NCc3cncnc3)n3ncc(F)c3n2)ccc1OCC=O. The Hall–Kier alpha value is -4.94. The predicted molar refractivity (Wildman–Crippen MR) is 120 cm³/mol. The molecule has 0 fully saturated rings. The molecule has 0 aliphatic heterocycles. The van der Waals surface area contributed by atoms with Gasteiger partial charge in [0.05, 0.1) is 11.9 Å². The zero-order chi connectivity index (χ0) is 24.8. The molecule has 0 aliphatic rings. The minimum atomic E-state index is -0.788. The van der Waals surface area contributed by atoms with E-state index in [0.717, 1.165) is 10.7 Å². The molecule has 12 nitrogen and oxygen atoms in total. The summed E-state index contributed by atoms with van der Waals surface area (Å²) in [5.74, 6) is -1.69. The third-order valence-corrected chi connectivity index (χ3v) is 4.80. The molecular formula is C22H19FN8O4. The summed E-state index contributed by atoms with van der Waals surface area (Å²) in [5, 5.41) is 9.15. The largest absolute Gasteiger partial charge is 0.484 e. The number of fused-ring (bicyclic) bond motifs is 1. The molecule has 0 radical (unpaired) electrons. The van der Waals surface area contributed by atoms with E-state index in [2.05, 4.69) is 30.7 Å². The Bertz CT molecular complexity index is 1390. The van der Waals surface area contributed by atoms with Crippen LogP contribution in [-0.4, -0.2) is 49.3 Å². The predicted octanol–water partition coefficient (Wildman–Crippen LogP) is 0.678. The van der Waals surface area contributed by atoms with Gasteiger partial charge in [0, 0.05) is 37.1 Å². The Morgan fingerprint density at radius 1 is 1.06 bits per heavy atom. The molecule has 0 atom stereocenters. The molecule has 0 unspecified atom stereocenters. The molecule has 4 N–H and O–H groups in total. The number of rotatable bonds is 9. The number of hydrogen-bond acceptors (Lipinski definition) is 9. The molecule has 0 saturated heterocycles. The second-order valence-electron chi connectivity index (χ2n) is 7.22. The lowest BCUT2D eigenvalue weighted by molar-refractivity contribution is -0.109. The number of halogens is 1. The molecule has 0 spiro atoms. The quantitative estimate of drug-likeness (QED) is 0.231. The van der Waals surface area contributed by atoms with E-state index in [1.165, 1.54) is 24.8 Å². The molecule has 4 aromatic rings. The molecule has 3 aromatic heterocycles. The summed E-state index contributed by atoms with van der Waals surface area (Å²) in [6.07, 6.45) is 5.94. The van der Waals surface area contributed by atoms with Crippen LogP contribution in [0.2, 0.25) is 0 Å². The van der Waals surface area contributed by atoms with Crippen molar-refractivity contribution in [3.63, 3.8) is 0 Å². The van der Waals surface area contributed by atoms with Crippen molar-refractivity contribution in [1.29, 1.82) is 0 Å². The van der Waals surface area contributed by atoms with E-state index >= 15 is 0 Å². The Balaban J connectivity index is 1.51. The van der Waals surface area contributed by atoms with Crippen LogP contribution in [0.15, 0.2) is 49.2 Å². The first kappa shape index (κ1) is 23.2. The highest BCUT2D eigenvalue weighted by molar-refractivity contribution is 5.98. The van der Waals surface area contributed by atoms with Crippen LogP contribution in [0, 0.1) is 5.82 Å². The number of nitrogen functional groups attached to an aromatic ring is 1. The van der Waals surface area contributed by atoms with Crippen LogP contribution < -0.4 is 21.1 Å². The van der Waals surface area contributed by atoms with Gasteiger partial charge in [-0.1, -0.05) is 6.07 Å². The number of anilines is 1. The van der Waals surface area contributed by atoms with E-state index in [9.17, 15) is 18.8 Å². The number of amides is 2. The second-order valence-corrected chi connectivity index (χ2v) is 7.22. The van der Waals surface area contributed by atoms with Gasteiger partial charge in [-0.3, -0.25) is 14.4 Å². The van der Waals surface area contributed by atoms with Crippen molar-refractivity contribution in [3.8, 4) is 5.75 Å². The molecule has 178 valence electrons. The third kappa shape index (κ3) is 5.35. The van der Waals surface area contributed by atoms with Gasteiger partial charge in [-0.15, -0.1) is 0 Å². The molecule has 0 bridgehead atoms. The van der Waals surface area contributed by atoms with Crippen LogP contribution in [-0.2, 0) is 17.9 Å². The average Bonchev–Trinajstić information content (AvgIpc) is 3.25. The van der Waals surface area contributed by atoms with Gasteiger partial charge in [-0.2, -0.15) is 5.10 Å². The van der Waals surface area contributed by atoms with Crippen molar-refractivity contribution in [2.75, 3.05) is 12.3 Å². The summed E-state index contributed by atoms with van der Waals surface area (Å²) >= 11 is 0. The van der Waals surface area contributed by atoms with Crippen molar-refractivity contribution in [1.82, 2.24) is 35.2 Å². The van der Waals surface area contributed by atoms with E-state index in [0.29, 0.717) is 28.8 Å². The number of carbonyl (C=O) groups is 3. The minimum Gasteiger partial charge on any atom is -0.484 e. The van der Waals surface area contributed by atoms with Gasteiger partial charge in [0.2, 0.25) is 0 Å². The number of benzene rings is 1. The average molecular weight is 478 g/mol. The summed E-state index contributed by atoms with van der Waals surface area (Å²) in [4.78, 5) is 47.8. The van der Waals surface area contributed by atoms with Crippen molar-refractivity contribution >= 4 is 29.4 Å². The fraction of sp³-hybridized carbons (Fsp3) is 0.136. The second kappa shape index (κ2) is 10.3. The van der Waals surface area contributed by atoms with Crippen molar-refractivity contribution in [3.05, 3.63) is 77.5 Å². The zero-order valence-corrected chi connectivity index (χ0v) is 18.1. The highest BCUT2D eigenvalue weighted by Gasteiger charge is 2.20. The maximum Gasteiger partial charge on any atom is 0.270 e. The maximum atomic E-state index is 14.2. The highest BCUT2D eigenvalue weighted by atomic mass is 19.1. The van der Waals surface area contributed by atoms with Gasteiger partial charge in [-0.25, -0.2) is 23.9 Å². The molecule has 2 amide bonds. The van der Waals surface area contributed by atoms with Crippen molar-refractivity contribution in [2.45, 2.75) is 13.1 Å². The molecule has 35 heavy (non-hydrogen) atoms. The lowest BCUT2D eigenvalue weighted by atomic mass is 10.2. The fourth-order valence-corrected chi connectivity index (χ4v) is 3.14. The molecule has 3 heterocycles.